The van der Waals surface area contributed by atoms with Gasteiger partial charge in [0.25, 0.3) is 0 Å². The lowest BCUT2D eigenvalue weighted by molar-refractivity contribution is 1.80. The third-order valence-corrected chi connectivity index (χ3v) is 0.0913. The molecule has 4 heavy (non-hydrogen) atoms. The minimum atomic E-state index is 1.17. The van der Waals surface area contributed by atoms with Crippen LogP contribution in [0.1, 0.15) is 0 Å². The van der Waals surface area contributed by atoms with Crippen molar-refractivity contribution in [2.24, 2.45) is 0 Å². The molecule has 0 unspecified atom stereocenters. The normalized spacial score (nSPS) is 4.00. The number of hydrogen-bond acceptors (Lipinski definition) is 0. The van der Waals surface area contributed by atoms with Crippen LogP contribution < -0.4 is 0 Å². The summed E-state index contributed by atoms with van der Waals surface area (Å²) in [5.41, 5.74) is 0. The molecule has 0 aromatic rings. The summed E-state index contributed by atoms with van der Waals surface area (Å²) in [7, 11) is 0. The van der Waals surface area contributed by atoms with Crippen LogP contribution in [0, 0.1) is 20.0 Å². The summed E-state index contributed by atoms with van der Waals surface area (Å²) < 4.78 is 0. The first-order chi connectivity index (χ1) is 1.91. The van der Waals surface area contributed by atoms with E-state index in [9.17, 15) is 0 Å². The van der Waals surface area contributed by atoms with Crippen molar-refractivity contribution in [3.05, 3.63) is 24.9 Å². The average Bonchev–Trinajstić information content (AvgIpc) is 1.37. The van der Waals surface area contributed by atoms with Crippen LogP contribution >= 0.6 is 0 Å². The van der Waals surface area contributed by atoms with E-state index in [0.717, 1.165) is 0 Å². The van der Waals surface area contributed by atoms with E-state index in [1.54, 1.807) is 0 Å². The fraction of sp³-hybridized carbons (Fsp3) is 0. The molecule has 0 atom stereocenters. The summed E-state index contributed by atoms with van der Waals surface area (Å²) in [4.78, 5) is 2.75. The lowest BCUT2D eigenvalue weighted by Crippen LogP contribution is -1.34. The summed E-state index contributed by atoms with van der Waals surface area (Å²) in [6.45, 7) is 10.2. The first-order valence-corrected chi connectivity index (χ1v) is 0.890. The zero-order valence-corrected chi connectivity index (χ0v) is 2.23. The average molecular weight is 53.1 g/mol. The molecule has 0 bridgehead atoms. The molecule has 0 aliphatic heterocycles. The van der Waals surface area contributed by atoms with Crippen LogP contribution in [-0.4, -0.2) is 0 Å². The van der Waals surface area contributed by atoms with Gasteiger partial charge in [-0.2, -0.15) is 0 Å². The molecule has 0 amide bonds. The Morgan fingerprint density at radius 2 is 2.25 bits per heavy atom. The van der Waals surface area contributed by atoms with Crippen LogP contribution in [0.2, 0.25) is 0 Å². The molecule has 1 nitrogen and oxygen atoms in total. The number of rotatable bonds is 0. The summed E-state index contributed by atoms with van der Waals surface area (Å²) in [5.74, 6) is 0. The lowest BCUT2D eigenvalue weighted by Gasteiger charge is -1.69. The summed E-state index contributed by atoms with van der Waals surface area (Å²) in [6.07, 6.45) is 0. The highest BCUT2D eigenvalue weighted by atomic mass is 14.6. The predicted octanol–water partition coefficient (Wildman–Crippen LogP) is 0.902. The Labute approximate surface area is 26.1 Å². The highest BCUT2D eigenvalue weighted by Gasteiger charge is 1.31. The maximum absolute atomic E-state index is 5.96. The van der Waals surface area contributed by atoms with Crippen molar-refractivity contribution in [1.29, 1.82) is 0 Å². The topological polar surface area (TPSA) is 4.36 Å². The molecular formula is C3H3N-. The van der Waals surface area contributed by atoms with Gasteiger partial charge in [-0.15, -0.1) is 6.92 Å². The second-order valence-corrected chi connectivity index (χ2v) is 0.312. The van der Waals surface area contributed by atoms with Crippen molar-refractivity contribution in [3.63, 3.8) is 0 Å². The van der Waals surface area contributed by atoms with Gasteiger partial charge in [-0.25, -0.2) is 0 Å². The first-order valence-electron chi connectivity index (χ1n) is 0.890. The van der Waals surface area contributed by atoms with E-state index in [2.05, 4.69) is 11.8 Å². The van der Waals surface area contributed by atoms with Crippen molar-refractivity contribution in [1.82, 2.24) is 0 Å². The van der Waals surface area contributed by atoms with Crippen LogP contribution in [0.3, 0.4) is 0 Å². The van der Waals surface area contributed by atoms with Gasteiger partial charge in [0, 0.05) is 0 Å². The Morgan fingerprint density at radius 1 is 2.00 bits per heavy atom. The predicted molar refractivity (Wildman–Crippen MR) is 16.3 cm³/mol. The smallest absolute Gasteiger partial charge is 0.0430 e. The minimum Gasteiger partial charge on any atom is -0.461 e. The fourth-order valence-corrected chi connectivity index (χ4v) is 0. The van der Waals surface area contributed by atoms with Crippen LogP contribution in [0.5, 0.6) is 0 Å². The van der Waals surface area contributed by atoms with Gasteiger partial charge in [0.2, 0.25) is 0 Å². The van der Waals surface area contributed by atoms with Crippen molar-refractivity contribution in [2.45, 2.75) is 0 Å². The van der Waals surface area contributed by atoms with E-state index in [0.29, 0.717) is 0 Å². The molecule has 21 valence electrons. The highest BCUT2D eigenvalue weighted by molar-refractivity contribution is 4.76. The van der Waals surface area contributed by atoms with Gasteiger partial charge in [-0.1, -0.05) is 0 Å². The van der Waals surface area contributed by atoms with Crippen molar-refractivity contribution in [3.8, 4) is 0 Å². The quantitative estimate of drug-likeness (QED) is 0.361. The molecular weight excluding hydrogens is 50.0 g/mol. The minimum absolute atomic E-state index is 1.17. The molecule has 0 saturated heterocycles. The molecule has 1 radical (unpaired) electrons. The number of nitrogens with zero attached hydrogens (tertiary/aromatic N) is 1. The van der Waals surface area contributed by atoms with E-state index in [1.807, 2.05) is 0 Å². The molecule has 0 aromatic carbocycles. The van der Waals surface area contributed by atoms with Crippen LogP contribution in [0.25, 0.3) is 4.85 Å². The van der Waals surface area contributed by atoms with E-state index < -0.39 is 0 Å². The van der Waals surface area contributed by atoms with Gasteiger partial charge < -0.3 is 4.85 Å². The maximum Gasteiger partial charge on any atom is -0.0430 e. The maximum atomic E-state index is 5.96. The summed E-state index contributed by atoms with van der Waals surface area (Å²) in [5, 5.41) is 0. The van der Waals surface area contributed by atoms with Crippen molar-refractivity contribution < 1.29 is 0 Å². The van der Waals surface area contributed by atoms with Crippen LogP contribution in [-0.2, 0) is 0 Å². The molecule has 0 spiro atoms. The van der Waals surface area contributed by atoms with E-state index in [-0.39, 0.29) is 0 Å². The van der Waals surface area contributed by atoms with Gasteiger partial charge in [-0.05, 0) is 6.54 Å². The Hall–Kier alpha value is -0.640. The molecule has 0 fully saturated rings. The zero-order chi connectivity index (χ0) is 3.41. The largest absolute Gasteiger partial charge is 0.461 e. The van der Waals surface area contributed by atoms with Gasteiger partial charge in [0.1, 0.15) is 0 Å². The lowest BCUT2D eigenvalue weighted by atomic mass is 10.8. The Morgan fingerprint density at radius 3 is 2.25 bits per heavy atom. The van der Waals surface area contributed by atoms with E-state index in [4.69, 9.17) is 6.57 Å². The van der Waals surface area contributed by atoms with Crippen molar-refractivity contribution >= 4 is 0 Å². The fourth-order valence-electron chi connectivity index (χ4n) is 0. The second kappa shape index (κ2) is 2.36. The van der Waals surface area contributed by atoms with Crippen molar-refractivity contribution in [2.75, 3.05) is 0 Å². The third kappa shape index (κ3) is 1.36. The molecule has 1 heteroatoms. The molecule has 0 rings (SSSR count). The standard InChI is InChI=1S/C3H3N/c1-3-4-2/h3H,1H2/q-1. The molecule has 0 aromatic heterocycles. The summed E-state index contributed by atoms with van der Waals surface area (Å²) >= 11 is 0. The number of hydrogen-bond donors (Lipinski definition) is 0. The van der Waals surface area contributed by atoms with Gasteiger partial charge in [0.05, 0.1) is 0 Å². The Kier molecular flexibility index (Phi) is 1.98. The molecule has 0 heterocycles. The Bertz CT molecular complexity index is 33.0. The molecule has 0 N–H and O–H groups in total. The SMILES string of the molecule is [C-]#[N+][CH-][CH2]. The third-order valence-electron chi connectivity index (χ3n) is 0.0913. The van der Waals surface area contributed by atoms with E-state index >= 15 is 0 Å². The van der Waals surface area contributed by atoms with Gasteiger partial charge in [-0.3, -0.25) is 6.57 Å². The first kappa shape index (κ1) is 3.36. The molecule has 0 saturated carbocycles. The van der Waals surface area contributed by atoms with Gasteiger partial charge in [0.15, 0.2) is 0 Å². The summed E-state index contributed by atoms with van der Waals surface area (Å²) in [6, 6.07) is 0. The monoisotopic (exact) mass is 53.0 g/mol. The molecule has 0 aliphatic rings. The van der Waals surface area contributed by atoms with E-state index in [1.165, 1.54) is 6.54 Å². The zero-order valence-electron chi connectivity index (χ0n) is 2.23. The molecule has 0 aliphatic carbocycles. The van der Waals surface area contributed by atoms with Gasteiger partial charge >= 0.3 is 0 Å². The van der Waals surface area contributed by atoms with Crippen LogP contribution in [0.4, 0.5) is 0 Å². The van der Waals surface area contributed by atoms with Crippen LogP contribution in [0.15, 0.2) is 0 Å². The Balaban J connectivity index is 2.43. The highest BCUT2D eigenvalue weighted by Crippen LogP contribution is 1.62. The second-order valence-electron chi connectivity index (χ2n) is 0.312.